The van der Waals surface area contributed by atoms with Gasteiger partial charge in [0.2, 0.25) is 15.8 Å². The first-order valence-electron chi connectivity index (χ1n) is 9.00. The van der Waals surface area contributed by atoms with Crippen molar-refractivity contribution >= 4 is 10.0 Å². The van der Waals surface area contributed by atoms with E-state index in [0.29, 0.717) is 44.4 Å². The number of halogens is 1. The molecule has 2 aromatic carbocycles. The van der Waals surface area contributed by atoms with E-state index in [1.807, 2.05) is 30.3 Å². The van der Waals surface area contributed by atoms with Crippen molar-refractivity contribution in [2.24, 2.45) is 0 Å². The van der Waals surface area contributed by atoms with Crippen LogP contribution in [-0.4, -0.2) is 49.0 Å². The maximum Gasteiger partial charge on any atom is 0.282 e. The van der Waals surface area contributed by atoms with Gasteiger partial charge in [-0.2, -0.15) is 9.29 Å². The lowest BCUT2D eigenvalue weighted by molar-refractivity contribution is -0.918. The quantitative estimate of drug-likeness (QED) is 0.687. The van der Waals surface area contributed by atoms with Gasteiger partial charge in [0.25, 0.3) is 5.89 Å². The third-order valence-corrected chi connectivity index (χ3v) is 6.66. The SMILES string of the molecule is O=S(=O)(c1cccc(F)c1)N1CC[NH+](Cc2nc(-c3ccccc3)no2)CC1. The van der Waals surface area contributed by atoms with Crippen molar-refractivity contribution in [2.75, 3.05) is 26.2 Å². The predicted octanol–water partition coefficient (Wildman–Crippen LogP) is 0.965. The predicted molar refractivity (Wildman–Crippen MR) is 99.3 cm³/mol. The van der Waals surface area contributed by atoms with Gasteiger partial charge in [-0.1, -0.05) is 41.6 Å². The van der Waals surface area contributed by atoms with E-state index in [1.54, 1.807) is 0 Å². The number of sulfonamides is 1. The summed E-state index contributed by atoms with van der Waals surface area (Å²) in [5, 5.41) is 4.01. The maximum absolute atomic E-state index is 13.4. The molecule has 28 heavy (non-hydrogen) atoms. The summed E-state index contributed by atoms with van der Waals surface area (Å²) in [7, 11) is -3.68. The summed E-state index contributed by atoms with van der Waals surface area (Å²) in [4.78, 5) is 5.58. The van der Waals surface area contributed by atoms with Gasteiger partial charge in [0.15, 0.2) is 6.54 Å². The van der Waals surface area contributed by atoms with Crippen molar-refractivity contribution in [3.63, 3.8) is 0 Å². The van der Waals surface area contributed by atoms with E-state index in [0.717, 1.165) is 16.5 Å². The van der Waals surface area contributed by atoms with Crippen molar-refractivity contribution in [3.05, 3.63) is 66.3 Å². The molecule has 1 aromatic heterocycles. The highest BCUT2D eigenvalue weighted by atomic mass is 32.2. The minimum Gasteiger partial charge on any atom is -0.333 e. The lowest BCUT2D eigenvalue weighted by Gasteiger charge is -2.30. The summed E-state index contributed by atoms with van der Waals surface area (Å²) < 4.78 is 45.5. The number of aromatic nitrogens is 2. The van der Waals surface area contributed by atoms with Crippen LogP contribution in [0.1, 0.15) is 5.89 Å². The largest absolute Gasteiger partial charge is 0.333 e. The molecule has 1 fully saturated rings. The lowest BCUT2D eigenvalue weighted by atomic mass is 10.2. The smallest absolute Gasteiger partial charge is 0.282 e. The molecule has 146 valence electrons. The van der Waals surface area contributed by atoms with Crippen LogP contribution in [0.2, 0.25) is 0 Å². The average molecular weight is 403 g/mol. The molecule has 0 unspecified atom stereocenters. The second kappa shape index (κ2) is 7.78. The summed E-state index contributed by atoms with van der Waals surface area (Å²) >= 11 is 0. The van der Waals surface area contributed by atoms with Crippen LogP contribution in [0.3, 0.4) is 0 Å². The van der Waals surface area contributed by atoms with Gasteiger partial charge in [-0.3, -0.25) is 0 Å². The summed E-state index contributed by atoms with van der Waals surface area (Å²) in [5.74, 6) is 0.508. The van der Waals surface area contributed by atoms with Crippen molar-refractivity contribution in [3.8, 4) is 11.4 Å². The maximum atomic E-state index is 13.4. The fourth-order valence-corrected chi connectivity index (χ4v) is 4.71. The highest BCUT2D eigenvalue weighted by molar-refractivity contribution is 7.89. The first-order valence-corrected chi connectivity index (χ1v) is 10.4. The Morgan fingerprint density at radius 2 is 1.82 bits per heavy atom. The van der Waals surface area contributed by atoms with Crippen molar-refractivity contribution in [2.45, 2.75) is 11.4 Å². The van der Waals surface area contributed by atoms with Crippen LogP contribution in [0.5, 0.6) is 0 Å². The first kappa shape index (κ1) is 18.7. The van der Waals surface area contributed by atoms with Crippen molar-refractivity contribution in [1.82, 2.24) is 14.4 Å². The highest BCUT2D eigenvalue weighted by Crippen LogP contribution is 2.17. The molecule has 1 N–H and O–H groups in total. The van der Waals surface area contributed by atoms with Gasteiger partial charge in [0, 0.05) is 5.56 Å². The van der Waals surface area contributed by atoms with Crippen LogP contribution >= 0.6 is 0 Å². The van der Waals surface area contributed by atoms with Crippen LogP contribution in [0.15, 0.2) is 64.0 Å². The third kappa shape index (κ3) is 3.96. The molecule has 4 rings (SSSR count). The molecule has 3 aromatic rings. The number of hydrogen-bond acceptors (Lipinski definition) is 5. The number of rotatable bonds is 5. The highest BCUT2D eigenvalue weighted by Gasteiger charge is 2.31. The van der Waals surface area contributed by atoms with Crippen LogP contribution in [0.4, 0.5) is 4.39 Å². The Kier molecular flexibility index (Phi) is 5.21. The Bertz CT molecular complexity index is 1050. The number of benzene rings is 2. The second-order valence-electron chi connectivity index (χ2n) is 6.67. The van der Waals surface area contributed by atoms with E-state index in [-0.39, 0.29) is 4.90 Å². The molecule has 0 amide bonds. The number of piperazine rings is 1. The zero-order valence-corrected chi connectivity index (χ0v) is 15.9. The van der Waals surface area contributed by atoms with Gasteiger partial charge in [-0.25, -0.2) is 12.8 Å². The molecule has 1 saturated heterocycles. The van der Waals surface area contributed by atoms with Gasteiger partial charge < -0.3 is 9.42 Å². The third-order valence-electron chi connectivity index (χ3n) is 4.76. The number of quaternary nitrogens is 1. The molecule has 0 aliphatic carbocycles. The standard InChI is InChI=1S/C19H19FN4O3S/c20-16-7-4-8-17(13-16)28(25,26)24-11-9-23(10-12-24)14-18-21-19(22-27-18)15-5-2-1-3-6-15/h1-8,13H,9-12,14H2/p+1. The molecule has 0 atom stereocenters. The Labute approximate surface area is 162 Å². The van der Waals surface area contributed by atoms with Gasteiger partial charge in [-0.05, 0) is 18.2 Å². The van der Waals surface area contributed by atoms with Crippen molar-refractivity contribution < 1.29 is 22.2 Å². The zero-order chi connectivity index (χ0) is 19.6. The molecular formula is C19H20FN4O3S+. The average Bonchev–Trinajstić information content (AvgIpc) is 3.18. The van der Waals surface area contributed by atoms with Crippen LogP contribution in [-0.2, 0) is 16.6 Å². The fraction of sp³-hybridized carbons (Fsp3) is 0.263. The summed E-state index contributed by atoms with van der Waals surface area (Å²) in [6.45, 7) is 2.46. The monoisotopic (exact) mass is 403 g/mol. The molecular weight excluding hydrogens is 383 g/mol. The minimum atomic E-state index is -3.68. The molecule has 0 spiro atoms. The van der Waals surface area contributed by atoms with E-state index in [2.05, 4.69) is 10.1 Å². The van der Waals surface area contributed by atoms with Crippen LogP contribution < -0.4 is 4.90 Å². The molecule has 1 aliphatic heterocycles. The van der Waals surface area contributed by atoms with E-state index in [4.69, 9.17) is 4.52 Å². The topological polar surface area (TPSA) is 80.7 Å². The van der Waals surface area contributed by atoms with E-state index >= 15 is 0 Å². The Morgan fingerprint density at radius 1 is 1.07 bits per heavy atom. The summed E-state index contributed by atoms with van der Waals surface area (Å²) in [6.07, 6.45) is 0. The fourth-order valence-electron chi connectivity index (χ4n) is 3.24. The van der Waals surface area contributed by atoms with Crippen LogP contribution in [0, 0.1) is 5.82 Å². The molecule has 7 nitrogen and oxygen atoms in total. The van der Waals surface area contributed by atoms with Gasteiger partial charge in [0.1, 0.15) is 5.82 Å². The molecule has 0 bridgehead atoms. The normalized spacial score (nSPS) is 16.3. The van der Waals surface area contributed by atoms with Gasteiger partial charge in [0.05, 0.1) is 31.1 Å². The molecule has 0 radical (unpaired) electrons. The van der Waals surface area contributed by atoms with E-state index in [1.165, 1.54) is 22.5 Å². The van der Waals surface area contributed by atoms with Gasteiger partial charge >= 0.3 is 0 Å². The Hall–Kier alpha value is -2.62. The lowest BCUT2D eigenvalue weighted by Crippen LogP contribution is -3.13. The Morgan fingerprint density at radius 3 is 2.54 bits per heavy atom. The molecule has 0 saturated carbocycles. The molecule has 9 heteroatoms. The Balaban J connectivity index is 1.38. The van der Waals surface area contributed by atoms with Crippen molar-refractivity contribution in [1.29, 1.82) is 0 Å². The van der Waals surface area contributed by atoms with Crippen LogP contribution in [0.25, 0.3) is 11.4 Å². The number of nitrogens with one attached hydrogen (secondary N) is 1. The zero-order valence-electron chi connectivity index (χ0n) is 15.1. The molecule has 2 heterocycles. The van der Waals surface area contributed by atoms with E-state index < -0.39 is 15.8 Å². The first-order chi connectivity index (χ1) is 13.5. The number of hydrogen-bond donors (Lipinski definition) is 1. The summed E-state index contributed by atoms with van der Waals surface area (Å²) in [6, 6.07) is 14.7. The van der Waals surface area contributed by atoms with E-state index in [9.17, 15) is 12.8 Å². The van der Waals surface area contributed by atoms with Gasteiger partial charge in [-0.15, -0.1) is 0 Å². The number of nitrogens with zero attached hydrogens (tertiary/aromatic N) is 3. The second-order valence-corrected chi connectivity index (χ2v) is 8.60. The summed E-state index contributed by atoms with van der Waals surface area (Å²) in [5.41, 5.74) is 0.888. The molecule has 1 aliphatic rings. The minimum absolute atomic E-state index is 0.0136.